The number of carbonyl (C=O) groups excluding carboxylic acids is 2. The summed E-state index contributed by atoms with van der Waals surface area (Å²) in [6.45, 7) is 4.81. The molecule has 4 nitrogen and oxygen atoms in total. The molecule has 3 fully saturated rings. The van der Waals surface area contributed by atoms with Crippen LogP contribution in [0.2, 0.25) is 0 Å². The van der Waals surface area contributed by atoms with Gasteiger partial charge in [0.25, 0.3) is 0 Å². The van der Waals surface area contributed by atoms with E-state index in [2.05, 4.69) is 6.92 Å². The third-order valence-electron chi connectivity index (χ3n) is 5.37. The van der Waals surface area contributed by atoms with Gasteiger partial charge in [0.1, 0.15) is 12.1 Å². The van der Waals surface area contributed by atoms with Gasteiger partial charge < -0.3 is 9.80 Å². The first-order chi connectivity index (χ1) is 9.11. The van der Waals surface area contributed by atoms with Crippen LogP contribution in [0.5, 0.6) is 0 Å². The van der Waals surface area contributed by atoms with Gasteiger partial charge in [0.05, 0.1) is 0 Å². The molecule has 0 aromatic rings. The Kier molecular flexibility index (Phi) is 3.27. The summed E-state index contributed by atoms with van der Waals surface area (Å²) in [4.78, 5) is 28.8. The molecule has 4 heteroatoms. The van der Waals surface area contributed by atoms with Crippen LogP contribution < -0.4 is 0 Å². The maximum Gasteiger partial charge on any atom is 0.246 e. The molecule has 3 rings (SSSR count). The van der Waals surface area contributed by atoms with Crippen LogP contribution in [0.1, 0.15) is 52.4 Å². The number of piperazine rings is 1. The van der Waals surface area contributed by atoms with Gasteiger partial charge in [-0.3, -0.25) is 9.59 Å². The number of fused-ring (bicyclic) bond motifs is 1. The highest BCUT2D eigenvalue weighted by atomic mass is 16.2. The molecule has 3 atom stereocenters. The predicted molar refractivity (Wildman–Crippen MR) is 72.5 cm³/mol. The van der Waals surface area contributed by atoms with Crippen LogP contribution in [-0.4, -0.2) is 46.3 Å². The minimum absolute atomic E-state index is 0.159. The van der Waals surface area contributed by atoms with Crippen molar-refractivity contribution in [2.75, 3.05) is 6.54 Å². The lowest BCUT2D eigenvalue weighted by Gasteiger charge is -2.45. The number of amides is 2. The topological polar surface area (TPSA) is 40.6 Å². The van der Waals surface area contributed by atoms with Crippen molar-refractivity contribution in [3.8, 4) is 0 Å². The van der Waals surface area contributed by atoms with Crippen molar-refractivity contribution in [3.63, 3.8) is 0 Å². The molecular weight excluding hydrogens is 240 g/mol. The zero-order chi connectivity index (χ0) is 13.6. The molecule has 2 amide bonds. The Labute approximate surface area is 115 Å². The van der Waals surface area contributed by atoms with Gasteiger partial charge in [-0.2, -0.15) is 0 Å². The molecule has 2 saturated heterocycles. The molecule has 1 aliphatic carbocycles. The molecule has 0 bridgehead atoms. The summed E-state index contributed by atoms with van der Waals surface area (Å²) in [6.07, 6.45) is 6.79. The van der Waals surface area contributed by atoms with Gasteiger partial charge in [0, 0.05) is 12.6 Å². The van der Waals surface area contributed by atoms with Crippen LogP contribution in [0.4, 0.5) is 0 Å². The molecule has 3 aliphatic rings. The largest absolute Gasteiger partial charge is 0.329 e. The first kappa shape index (κ1) is 12.9. The van der Waals surface area contributed by atoms with Crippen LogP contribution in [0.25, 0.3) is 0 Å². The Morgan fingerprint density at radius 3 is 2.42 bits per heavy atom. The van der Waals surface area contributed by atoms with E-state index in [-0.39, 0.29) is 29.9 Å². The van der Waals surface area contributed by atoms with Crippen molar-refractivity contribution >= 4 is 11.8 Å². The summed E-state index contributed by atoms with van der Waals surface area (Å²) >= 11 is 0. The first-order valence-electron chi connectivity index (χ1n) is 7.74. The average molecular weight is 264 g/mol. The molecule has 3 unspecified atom stereocenters. The van der Waals surface area contributed by atoms with Gasteiger partial charge in [-0.1, -0.05) is 12.8 Å². The average Bonchev–Trinajstić information content (AvgIpc) is 3.07. The highest BCUT2D eigenvalue weighted by Gasteiger charge is 2.48. The fourth-order valence-corrected chi connectivity index (χ4v) is 4.23. The molecule has 0 aromatic heterocycles. The Bertz CT molecular complexity index is 390. The second kappa shape index (κ2) is 4.80. The lowest BCUT2D eigenvalue weighted by Crippen LogP contribution is -2.64. The molecule has 0 radical (unpaired) electrons. The number of hydrogen-bond donors (Lipinski definition) is 0. The van der Waals surface area contributed by atoms with E-state index < -0.39 is 0 Å². The molecule has 2 heterocycles. The van der Waals surface area contributed by atoms with Gasteiger partial charge in [-0.05, 0) is 45.4 Å². The van der Waals surface area contributed by atoms with Gasteiger partial charge in [0.2, 0.25) is 11.8 Å². The third-order valence-corrected chi connectivity index (χ3v) is 5.37. The summed E-state index contributed by atoms with van der Waals surface area (Å²) in [7, 11) is 0. The second-order valence-electron chi connectivity index (χ2n) is 6.40. The quantitative estimate of drug-likeness (QED) is 0.763. The van der Waals surface area contributed by atoms with Gasteiger partial charge >= 0.3 is 0 Å². The minimum atomic E-state index is -0.266. The van der Waals surface area contributed by atoms with Crippen LogP contribution in [0.15, 0.2) is 0 Å². The molecular formula is C15H24N2O2. The van der Waals surface area contributed by atoms with Crippen molar-refractivity contribution in [2.24, 2.45) is 5.92 Å². The lowest BCUT2D eigenvalue weighted by atomic mass is 9.94. The van der Waals surface area contributed by atoms with Crippen molar-refractivity contribution in [3.05, 3.63) is 0 Å². The fourth-order valence-electron chi connectivity index (χ4n) is 4.23. The third kappa shape index (κ3) is 1.96. The standard InChI is InChI=1S/C15H24N2O2/c1-10(12-6-3-4-7-12)17-11(2)14(18)16-9-5-8-13(16)15(17)19/h10-13H,3-9H2,1-2H3. The summed E-state index contributed by atoms with van der Waals surface area (Å²) in [6, 6.07) is -0.207. The zero-order valence-corrected chi connectivity index (χ0v) is 12.0. The van der Waals surface area contributed by atoms with Crippen molar-refractivity contribution in [1.29, 1.82) is 0 Å². The van der Waals surface area contributed by atoms with Gasteiger partial charge in [-0.25, -0.2) is 0 Å². The molecule has 106 valence electrons. The maximum absolute atomic E-state index is 12.7. The van der Waals surface area contributed by atoms with E-state index in [1.807, 2.05) is 16.7 Å². The summed E-state index contributed by atoms with van der Waals surface area (Å²) < 4.78 is 0. The van der Waals surface area contributed by atoms with E-state index >= 15 is 0 Å². The van der Waals surface area contributed by atoms with E-state index in [1.54, 1.807) is 0 Å². The normalized spacial score (nSPS) is 34.0. The highest BCUT2D eigenvalue weighted by molar-refractivity contribution is 5.97. The molecule has 0 spiro atoms. The lowest BCUT2D eigenvalue weighted by molar-refractivity contribution is -0.162. The second-order valence-corrected chi connectivity index (χ2v) is 6.40. The van der Waals surface area contributed by atoms with Crippen molar-refractivity contribution in [1.82, 2.24) is 9.80 Å². The number of carbonyl (C=O) groups is 2. The smallest absolute Gasteiger partial charge is 0.246 e. The van der Waals surface area contributed by atoms with E-state index in [0.29, 0.717) is 5.92 Å². The van der Waals surface area contributed by atoms with Crippen LogP contribution in [0, 0.1) is 5.92 Å². The predicted octanol–water partition coefficient (Wildman–Crippen LogP) is 1.79. The molecule has 2 aliphatic heterocycles. The SMILES string of the molecule is CC1C(=O)N2CCCC2C(=O)N1C(C)C1CCCC1. The van der Waals surface area contributed by atoms with E-state index in [4.69, 9.17) is 0 Å². The summed E-state index contributed by atoms with van der Waals surface area (Å²) in [5, 5.41) is 0. The van der Waals surface area contributed by atoms with E-state index in [9.17, 15) is 9.59 Å². The Hall–Kier alpha value is -1.06. The fraction of sp³-hybridized carbons (Fsp3) is 0.867. The number of hydrogen-bond acceptors (Lipinski definition) is 2. The van der Waals surface area contributed by atoms with Gasteiger partial charge in [0.15, 0.2) is 0 Å². The van der Waals surface area contributed by atoms with Crippen LogP contribution in [-0.2, 0) is 9.59 Å². The monoisotopic (exact) mass is 264 g/mol. The molecule has 0 aromatic carbocycles. The molecule has 0 N–H and O–H groups in total. The summed E-state index contributed by atoms with van der Waals surface area (Å²) in [5.74, 6) is 0.947. The van der Waals surface area contributed by atoms with Crippen LogP contribution >= 0.6 is 0 Å². The van der Waals surface area contributed by atoms with E-state index in [1.165, 1.54) is 25.7 Å². The van der Waals surface area contributed by atoms with Crippen molar-refractivity contribution < 1.29 is 9.59 Å². The minimum Gasteiger partial charge on any atom is -0.329 e. The number of nitrogens with zero attached hydrogens (tertiary/aromatic N) is 2. The first-order valence-corrected chi connectivity index (χ1v) is 7.74. The van der Waals surface area contributed by atoms with E-state index in [0.717, 1.165) is 19.4 Å². The Morgan fingerprint density at radius 1 is 1.05 bits per heavy atom. The Balaban J connectivity index is 1.82. The number of rotatable bonds is 2. The van der Waals surface area contributed by atoms with Crippen LogP contribution in [0.3, 0.4) is 0 Å². The summed E-state index contributed by atoms with van der Waals surface area (Å²) in [5.41, 5.74) is 0. The van der Waals surface area contributed by atoms with Crippen molar-refractivity contribution in [2.45, 2.75) is 70.5 Å². The highest BCUT2D eigenvalue weighted by Crippen LogP contribution is 2.35. The Morgan fingerprint density at radius 2 is 1.74 bits per heavy atom. The zero-order valence-electron chi connectivity index (χ0n) is 12.0. The maximum atomic E-state index is 12.7. The van der Waals surface area contributed by atoms with Gasteiger partial charge in [-0.15, -0.1) is 0 Å². The molecule has 1 saturated carbocycles. The molecule has 19 heavy (non-hydrogen) atoms.